The molecule has 10 heteroatoms. The van der Waals surface area contributed by atoms with Gasteiger partial charge in [0.2, 0.25) is 5.91 Å². The predicted molar refractivity (Wildman–Crippen MR) is 134 cm³/mol. The summed E-state index contributed by atoms with van der Waals surface area (Å²) in [6, 6.07) is 4.46. The minimum atomic E-state index is -1.01. The van der Waals surface area contributed by atoms with Crippen LogP contribution in [0.15, 0.2) is 22.2 Å². The van der Waals surface area contributed by atoms with Crippen LogP contribution in [0.5, 0.6) is 0 Å². The fourth-order valence-electron chi connectivity index (χ4n) is 5.28. The van der Waals surface area contributed by atoms with E-state index in [0.29, 0.717) is 50.9 Å². The molecule has 1 amide bonds. The molecule has 0 aromatic carbocycles. The summed E-state index contributed by atoms with van der Waals surface area (Å²) in [5.41, 5.74) is 1.48. The van der Waals surface area contributed by atoms with Gasteiger partial charge in [-0.05, 0) is 53.2 Å². The van der Waals surface area contributed by atoms with E-state index in [-0.39, 0.29) is 17.7 Å². The maximum absolute atomic E-state index is 14.4. The van der Waals surface area contributed by atoms with Crippen molar-refractivity contribution in [2.45, 2.75) is 50.2 Å². The molecule has 1 unspecified atom stereocenters. The van der Waals surface area contributed by atoms with Crippen LogP contribution in [0.4, 0.5) is 10.2 Å². The number of ether oxygens (including phenoxy) is 1. The number of fused-ring (bicyclic) bond motifs is 1. The van der Waals surface area contributed by atoms with E-state index in [2.05, 4.69) is 42.2 Å². The van der Waals surface area contributed by atoms with Crippen LogP contribution in [0.2, 0.25) is 0 Å². The number of aromatic nitrogens is 2. The van der Waals surface area contributed by atoms with E-state index in [1.54, 1.807) is 11.3 Å². The monoisotopic (exact) mass is 551 g/mol. The molecule has 0 bridgehead atoms. The van der Waals surface area contributed by atoms with Gasteiger partial charge < -0.3 is 19.9 Å². The third-order valence-electron chi connectivity index (χ3n) is 7.20. The number of hydrogen-bond donors (Lipinski definition) is 1. The van der Waals surface area contributed by atoms with E-state index in [4.69, 9.17) is 4.74 Å². The van der Waals surface area contributed by atoms with Gasteiger partial charge in [-0.2, -0.15) is 0 Å². The zero-order valence-corrected chi connectivity index (χ0v) is 21.8. The summed E-state index contributed by atoms with van der Waals surface area (Å²) in [6.07, 6.45) is 2.90. The topological polar surface area (TPSA) is 70.6 Å². The van der Waals surface area contributed by atoms with Gasteiger partial charge in [-0.15, -0.1) is 11.3 Å². The third-order valence-corrected chi connectivity index (χ3v) is 8.94. The summed E-state index contributed by atoms with van der Waals surface area (Å²) in [6.45, 7) is 6.86. The molecule has 2 aromatic rings. The molecule has 4 heterocycles. The first-order valence-electron chi connectivity index (χ1n) is 12.1. The van der Waals surface area contributed by atoms with Gasteiger partial charge in [0.1, 0.15) is 18.3 Å². The molecule has 2 fully saturated rings. The minimum absolute atomic E-state index is 0.110. The number of halogens is 2. The number of carbonyl (C=O) groups excluding carboxylic acids is 1. The lowest BCUT2D eigenvalue weighted by molar-refractivity contribution is -0.133. The molecule has 2 aliphatic heterocycles. The summed E-state index contributed by atoms with van der Waals surface area (Å²) in [5.74, 6) is 0.906. The normalized spacial score (nSPS) is 24.3. The quantitative estimate of drug-likeness (QED) is 0.584. The fourth-order valence-corrected chi connectivity index (χ4v) is 6.80. The Labute approximate surface area is 212 Å². The van der Waals surface area contributed by atoms with Crippen LogP contribution in [0.3, 0.4) is 0 Å². The molecule has 7 nitrogen and oxygen atoms in total. The van der Waals surface area contributed by atoms with Crippen LogP contribution in [-0.4, -0.2) is 72.8 Å². The van der Waals surface area contributed by atoms with Gasteiger partial charge >= 0.3 is 0 Å². The van der Waals surface area contributed by atoms with Crippen molar-refractivity contribution in [3.05, 3.63) is 38.4 Å². The van der Waals surface area contributed by atoms with Crippen molar-refractivity contribution in [2.24, 2.45) is 0 Å². The Kier molecular flexibility index (Phi) is 7.48. The number of anilines is 1. The predicted octanol–water partition coefficient (Wildman–Crippen LogP) is 4.02. The molecule has 184 valence electrons. The molecular weight excluding hydrogens is 521 g/mol. The second-order valence-electron chi connectivity index (χ2n) is 9.40. The molecular formula is C24H31BrFN5O2S. The van der Waals surface area contributed by atoms with E-state index >= 15 is 0 Å². The average molecular weight is 553 g/mol. The van der Waals surface area contributed by atoms with Crippen molar-refractivity contribution in [2.75, 3.05) is 50.8 Å². The number of alkyl halides is 1. The zero-order chi connectivity index (χ0) is 23.7. The van der Waals surface area contributed by atoms with E-state index in [1.807, 2.05) is 17.9 Å². The first-order chi connectivity index (χ1) is 16.5. The number of hydrogen-bond acceptors (Lipinski definition) is 7. The number of carbonyl (C=O) groups is 1. The molecule has 3 atom stereocenters. The largest absolute Gasteiger partial charge is 0.381 e. The Bertz CT molecular complexity index is 1010. The molecule has 0 spiro atoms. The molecule has 0 saturated carbocycles. The van der Waals surface area contributed by atoms with E-state index in [0.717, 1.165) is 46.1 Å². The van der Waals surface area contributed by atoms with E-state index in [1.165, 1.54) is 6.33 Å². The van der Waals surface area contributed by atoms with Crippen molar-refractivity contribution < 1.29 is 13.9 Å². The van der Waals surface area contributed by atoms with Crippen molar-refractivity contribution in [1.29, 1.82) is 0 Å². The maximum Gasteiger partial charge on any atom is 0.232 e. The molecule has 5 rings (SSSR count). The number of nitrogens with one attached hydrogen (secondary N) is 1. The highest BCUT2D eigenvalue weighted by atomic mass is 79.9. The standard InChI is InChI=1S/C24H31BrFN5O2S/c1-15-12-18(26)22-21(15)23(29-14-28-22)30-6-8-31(9-7-30)24(32)17(19-2-3-20(25)34-19)13-27-16-4-10-33-11-5-16/h2-3,14-18,27H,4-13H2,1H3/t15-,17?,18+/m1/s1. The molecule has 1 N–H and O–H groups in total. The van der Waals surface area contributed by atoms with E-state index in [9.17, 15) is 9.18 Å². The molecule has 2 aromatic heterocycles. The van der Waals surface area contributed by atoms with Crippen molar-refractivity contribution >= 4 is 39.0 Å². The Hall–Kier alpha value is -1.62. The zero-order valence-electron chi connectivity index (χ0n) is 19.4. The second kappa shape index (κ2) is 10.6. The maximum atomic E-state index is 14.4. The van der Waals surface area contributed by atoms with Gasteiger partial charge in [0.25, 0.3) is 0 Å². The van der Waals surface area contributed by atoms with Crippen molar-refractivity contribution in [1.82, 2.24) is 20.2 Å². The summed E-state index contributed by atoms with van der Waals surface area (Å²) >= 11 is 5.18. The van der Waals surface area contributed by atoms with Crippen LogP contribution in [0.1, 0.15) is 60.3 Å². The Morgan fingerprint density at radius 3 is 2.74 bits per heavy atom. The minimum Gasteiger partial charge on any atom is -0.381 e. The molecule has 1 aliphatic carbocycles. The smallest absolute Gasteiger partial charge is 0.232 e. The Morgan fingerprint density at radius 2 is 2.03 bits per heavy atom. The highest BCUT2D eigenvalue weighted by Gasteiger charge is 2.36. The van der Waals surface area contributed by atoms with Crippen molar-refractivity contribution in [3.8, 4) is 0 Å². The van der Waals surface area contributed by atoms with Gasteiger partial charge in [-0.1, -0.05) is 6.92 Å². The van der Waals surface area contributed by atoms with Crippen LogP contribution in [-0.2, 0) is 9.53 Å². The summed E-state index contributed by atoms with van der Waals surface area (Å²) in [4.78, 5) is 27.6. The van der Waals surface area contributed by atoms with Crippen LogP contribution in [0.25, 0.3) is 0 Å². The highest BCUT2D eigenvalue weighted by molar-refractivity contribution is 9.11. The van der Waals surface area contributed by atoms with Crippen LogP contribution < -0.4 is 10.2 Å². The van der Waals surface area contributed by atoms with Gasteiger partial charge in [0.05, 0.1) is 15.4 Å². The number of nitrogens with zero attached hydrogens (tertiary/aromatic N) is 4. The summed E-state index contributed by atoms with van der Waals surface area (Å²) in [7, 11) is 0. The SMILES string of the molecule is C[C@@H]1C[C@H](F)c2ncnc(N3CCN(C(=O)C(CNC4CCOCC4)c4ccc(Br)s4)CC3)c21. The highest BCUT2D eigenvalue weighted by Crippen LogP contribution is 2.44. The molecule has 0 radical (unpaired) electrons. The Morgan fingerprint density at radius 1 is 1.26 bits per heavy atom. The number of piperazine rings is 1. The van der Waals surface area contributed by atoms with Crippen LogP contribution in [0, 0.1) is 0 Å². The first kappa shape index (κ1) is 24.1. The third kappa shape index (κ3) is 5.01. The van der Waals surface area contributed by atoms with Gasteiger partial charge in [0.15, 0.2) is 0 Å². The van der Waals surface area contributed by atoms with Gasteiger partial charge in [-0.3, -0.25) is 4.79 Å². The van der Waals surface area contributed by atoms with Gasteiger partial charge in [-0.25, -0.2) is 14.4 Å². The molecule has 2 saturated heterocycles. The lowest BCUT2D eigenvalue weighted by Gasteiger charge is -2.38. The van der Waals surface area contributed by atoms with Crippen molar-refractivity contribution in [3.63, 3.8) is 0 Å². The number of thiophene rings is 1. The lowest BCUT2D eigenvalue weighted by Crippen LogP contribution is -2.51. The van der Waals surface area contributed by atoms with Crippen LogP contribution >= 0.6 is 27.3 Å². The number of rotatable bonds is 6. The molecule has 3 aliphatic rings. The lowest BCUT2D eigenvalue weighted by atomic mass is 10.0. The second-order valence-corrected chi connectivity index (χ2v) is 11.9. The number of amides is 1. The van der Waals surface area contributed by atoms with Gasteiger partial charge in [0, 0.05) is 62.4 Å². The van der Waals surface area contributed by atoms with E-state index < -0.39 is 6.17 Å². The molecule has 34 heavy (non-hydrogen) atoms. The summed E-state index contributed by atoms with van der Waals surface area (Å²) < 4.78 is 20.9. The summed E-state index contributed by atoms with van der Waals surface area (Å²) in [5, 5.41) is 3.62. The average Bonchev–Trinajstić information content (AvgIpc) is 3.42. The Balaban J connectivity index is 1.26. The first-order valence-corrected chi connectivity index (χ1v) is 13.7. The fraction of sp³-hybridized carbons (Fsp3) is 0.625.